The van der Waals surface area contributed by atoms with Crippen molar-refractivity contribution in [2.75, 3.05) is 30.9 Å². The van der Waals surface area contributed by atoms with Crippen LogP contribution in [0.15, 0.2) is 48.5 Å². The number of anilines is 2. The minimum absolute atomic E-state index is 0.134. The van der Waals surface area contributed by atoms with Gasteiger partial charge in [-0.05, 0) is 56.3 Å². The zero-order chi connectivity index (χ0) is 20.9. The highest BCUT2D eigenvalue weighted by molar-refractivity contribution is 5.90. The highest BCUT2D eigenvalue weighted by Gasteiger charge is 2.22. The molecule has 6 heteroatoms. The van der Waals surface area contributed by atoms with Gasteiger partial charge in [-0.15, -0.1) is 0 Å². The molecule has 0 spiro atoms. The summed E-state index contributed by atoms with van der Waals surface area (Å²) in [6, 6.07) is 15.5. The van der Waals surface area contributed by atoms with E-state index >= 15 is 0 Å². The minimum atomic E-state index is -0.134. The van der Waals surface area contributed by atoms with Crippen LogP contribution < -0.4 is 15.5 Å². The maximum Gasteiger partial charge on any atom is 0.225 e. The summed E-state index contributed by atoms with van der Waals surface area (Å²) in [6.45, 7) is 1.52. The molecule has 1 aliphatic rings. The van der Waals surface area contributed by atoms with Gasteiger partial charge >= 0.3 is 0 Å². The molecule has 0 saturated heterocycles. The number of halogens is 1. The van der Waals surface area contributed by atoms with Crippen molar-refractivity contribution in [3.05, 3.63) is 59.9 Å². The number of aromatic nitrogens is 2. The first-order chi connectivity index (χ1) is 14.6. The Morgan fingerprint density at radius 1 is 0.967 bits per heavy atom. The van der Waals surface area contributed by atoms with Crippen LogP contribution >= 0.6 is 0 Å². The van der Waals surface area contributed by atoms with Gasteiger partial charge in [0.15, 0.2) is 0 Å². The van der Waals surface area contributed by atoms with E-state index in [0.717, 1.165) is 54.5 Å². The summed E-state index contributed by atoms with van der Waals surface area (Å²) < 4.78 is 13.7. The molecule has 2 aromatic carbocycles. The summed E-state index contributed by atoms with van der Waals surface area (Å²) in [7, 11) is 4.02. The van der Waals surface area contributed by atoms with Crippen LogP contribution in [0, 0.1) is 11.7 Å². The third kappa shape index (κ3) is 4.87. The van der Waals surface area contributed by atoms with E-state index in [1.54, 1.807) is 6.07 Å². The first kappa shape index (κ1) is 20.5. The van der Waals surface area contributed by atoms with Crippen molar-refractivity contribution in [2.45, 2.75) is 38.3 Å². The highest BCUT2D eigenvalue weighted by atomic mass is 19.1. The van der Waals surface area contributed by atoms with Gasteiger partial charge < -0.3 is 15.5 Å². The third-order valence-corrected chi connectivity index (χ3v) is 5.89. The molecule has 0 radical (unpaired) electrons. The van der Waals surface area contributed by atoms with Crippen molar-refractivity contribution < 1.29 is 4.39 Å². The molecule has 1 aromatic heterocycles. The number of benzene rings is 2. The lowest BCUT2D eigenvalue weighted by Gasteiger charge is -2.29. The highest BCUT2D eigenvalue weighted by Crippen LogP contribution is 2.28. The average Bonchev–Trinajstić information content (AvgIpc) is 2.75. The Balaban J connectivity index is 1.30. The predicted octanol–water partition coefficient (Wildman–Crippen LogP) is 4.60. The lowest BCUT2D eigenvalue weighted by molar-refractivity contribution is 0.323. The molecule has 0 bridgehead atoms. The smallest absolute Gasteiger partial charge is 0.225 e. The van der Waals surface area contributed by atoms with Crippen molar-refractivity contribution in [3.63, 3.8) is 0 Å². The fraction of sp³-hybridized carbons (Fsp3) is 0.417. The number of hydrogen-bond acceptors (Lipinski definition) is 5. The summed E-state index contributed by atoms with van der Waals surface area (Å²) >= 11 is 0. The fourth-order valence-electron chi connectivity index (χ4n) is 4.21. The Morgan fingerprint density at radius 2 is 1.70 bits per heavy atom. The summed E-state index contributed by atoms with van der Waals surface area (Å²) in [5.41, 5.74) is 1.70. The van der Waals surface area contributed by atoms with Gasteiger partial charge in [-0.2, -0.15) is 4.98 Å². The molecule has 0 atom stereocenters. The van der Waals surface area contributed by atoms with Gasteiger partial charge in [-0.3, -0.25) is 0 Å². The van der Waals surface area contributed by atoms with Crippen molar-refractivity contribution in [1.82, 2.24) is 15.3 Å². The second-order valence-corrected chi connectivity index (χ2v) is 8.37. The second kappa shape index (κ2) is 9.39. The van der Waals surface area contributed by atoms with Gasteiger partial charge in [-0.1, -0.05) is 30.3 Å². The number of nitrogens with one attached hydrogen (secondary N) is 2. The monoisotopic (exact) mass is 407 g/mol. The van der Waals surface area contributed by atoms with E-state index in [0.29, 0.717) is 24.5 Å². The topological polar surface area (TPSA) is 53.1 Å². The molecule has 3 aromatic rings. The summed E-state index contributed by atoms with van der Waals surface area (Å²) in [6.07, 6.45) is 4.49. The molecule has 1 saturated carbocycles. The minimum Gasteiger partial charge on any atom is -0.362 e. The average molecular weight is 408 g/mol. The van der Waals surface area contributed by atoms with Crippen molar-refractivity contribution >= 4 is 22.7 Å². The molecule has 4 rings (SSSR count). The summed E-state index contributed by atoms with van der Waals surface area (Å²) in [4.78, 5) is 11.5. The van der Waals surface area contributed by atoms with Gasteiger partial charge in [0.1, 0.15) is 11.6 Å². The van der Waals surface area contributed by atoms with Gasteiger partial charge in [0, 0.05) is 37.6 Å². The molecule has 1 fully saturated rings. The molecule has 158 valence electrons. The number of hydrogen-bond donors (Lipinski definition) is 2. The van der Waals surface area contributed by atoms with Crippen LogP contribution in [-0.2, 0) is 6.54 Å². The van der Waals surface area contributed by atoms with Crippen LogP contribution in [0.4, 0.5) is 16.2 Å². The van der Waals surface area contributed by atoms with Crippen LogP contribution in [0.5, 0.6) is 0 Å². The Bertz CT molecular complexity index is 982. The summed E-state index contributed by atoms with van der Waals surface area (Å²) in [5.74, 6) is 2.14. The molecule has 1 aliphatic carbocycles. The van der Waals surface area contributed by atoms with Crippen LogP contribution in [0.1, 0.15) is 31.2 Å². The Hall–Kier alpha value is -2.73. The number of nitrogens with zero attached hydrogens (tertiary/aromatic N) is 3. The lowest BCUT2D eigenvalue weighted by Crippen LogP contribution is -2.31. The third-order valence-electron chi connectivity index (χ3n) is 5.89. The normalized spacial score (nSPS) is 19.0. The Kier molecular flexibility index (Phi) is 6.43. The number of fused-ring (bicyclic) bond motifs is 1. The van der Waals surface area contributed by atoms with Gasteiger partial charge in [-0.25, -0.2) is 9.37 Å². The van der Waals surface area contributed by atoms with Crippen molar-refractivity contribution in [2.24, 2.45) is 5.92 Å². The van der Waals surface area contributed by atoms with Crippen LogP contribution in [-0.4, -0.2) is 36.6 Å². The largest absolute Gasteiger partial charge is 0.362 e. The number of rotatable bonds is 7. The Morgan fingerprint density at radius 3 is 2.47 bits per heavy atom. The quantitative estimate of drug-likeness (QED) is 0.600. The molecule has 0 aliphatic heterocycles. The SMILES string of the molecule is CN(C)c1nc(N[C@H]2CC[C@@H](CNCc3ccccc3F)CC2)nc2ccccc12. The molecular formula is C24H30FN5. The first-order valence-corrected chi connectivity index (χ1v) is 10.7. The maximum absolute atomic E-state index is 13.7. The Labute approximate surface area is 177 Å². The van der Waals surface area contributed by atoms with Gasteiger partial charge in [0.05, 0.1) is 5.52 Å². The van der Waals surface area contributed by atoms with E-state index in [2.05, 4.69) is 16.7 Å². The van der Waals surface area contributed by atoms with Crippen LogP contribution in [0.25, 0.3) is 10.9 Å². The molecule has 0 amide bonds. The first-order valence-electron chi connectivity index (χ1n) is 10.7. The van der Waals surface area contributed by atoms with E-state index in [9.17, 15) is 4.39 Å². The maximum atomic E-state index is 13.7. The number of para-hydroxylation sites is 1. The summed E-state index contributed by atoms with van der Waals surface area (Å²) in [5, 5.41) is 8.05. The van der Waals surface area contributed by atoms with Crippen LogP contribution in [0.3, 0.4) is 0 Å². The fourth-order valence-corrected chi connectivity index (χ4v) is 4.21. The van der Waals surface area contributed by atoms with Crippen molar-refractivity contribution in [1.29, 1.82) is 0 Å². The molecule has 1 heterocycles. The molecule has 5 nitrogen and oxygen atoms in total. The van der Waals surface area contributed by atoms with Gasteiger partial charge in [0.25, 0.3) is 0 Å². The zero-order valence-corrected chi connectivity index (χ0v) is 17.7. The zero-order valence-electron chi connectivity index (χ0n) is 17.7. The van der Waals surface area contributed by atoms with E-state index in [-0.39, 0.29) is 5.82 Å². The predicted molar refractivity (Wildman–Crippen MR) is 121 cm³/mol. The molecular weight excluding hydrogens is 377 g/mol. The standard InChI is InChI=1S/C24H30FN5/c1-30(2)23-20-8-4-6-10-22(20)28-24(29-23)27-19-13-11-17(12-14-19)15-26-16-18-7-3-5-9-21(18)25/h3-10,17,19,26H,11-16H2,1-2H3,(H,27,28,29)/t17-,19+. The lowest BCUT2D eigenvalue weighted by atomic mass is 9.86. The van der Waals surface area contributed by atoms with E-state index in [1.165, 1.54) is 6.07 Å². The molecule has 0 unspecified atom stereocenters. The van der Waals surface area contributed by atoms with Crippen LogP contribution in [0.2, 0.25) is 0 Å². The molecule has 2 N–H and O–H groups in total. The van der Waals surface area contributed by atoms with E-state index in [1.807, 2.05) is 49.3 Å². The molecule has 30 heavy (non-hydrogen) atoms. The van der Waals surface area contributed by atoms with E-state index in [4.69, 9.17) is 9.97 Å². The second-order valence-electron chi connectivity index (χ2n) is 8.37. The van der Waals surface area contributed by atoms with Crippen molar-refractivity contribution in [3.8, 4) is 0 Å². The van der Waals surface area contributed by atoms with Gasteiger partial charge in [0.2, 0.25) is 5.95 Å². The van der Waals surface area contributed by atoms with E-state index < -0.39 is 0 Å².